The van der Waals surface area contributed by atoms with Gasteiger partial charge in [0, 0.05) is 24.0 Å². The number of carbonyl (C=O) groups is 1. The van der Waals surface area contributed by atoms with Gasteiger partial charge < -0.3 is 14.5 Å². The van der Waals surface area contributed by atoms with Gasteiger partial charge in [-0.25, -0.2) is 0 Å². The first kappa shape index (κ1) is 26.0. The summed E-state index contributed by atoms with van der Waals surface area (Å²) in [6.07, 6.45) is -2.71. The van der Waals surface area contributed by atoms with E-state index < -0.39 is 17.8 Å². The Morgan fingerprint density at radius 1 is 1.17 bits per heavy atom. The highest BCUT2D eigenvalue weighted by atomic mass is 35.5. The topological polar surface area (TPSA) is 69.3 Å². The molecule has 0 saturated heterocycles. The second kappa shape index (κ2) is 10.5. The number of rotatable bonds is 9. The third-order valence-corrected chi connectivity index (χ3v) is 6.36. The standard InChI is InChI=1S/C22H18Cl4F3N3O3/c23-12-8-14(24)19(15(25)9-12)34-10-13-4-5-16(35-13)21(33)30-6-1-7-32-18(11-2-3-11)17(26)20(31-32)22(27,28)29/h4-5,8-9,11H,1-3,6-7,10H2,(H,30,33). The van der Waals surface area contributed by atoms with Crippen LogP contribution in [-0.2, 0) is 19.3 Å². The molecule has 0 unspecified atom stereocenters. The molecule has 0 spiro atoms. The van der Waals surface area contributed by atoms with Gasteiger partial charge in [-0.15, -0.1) is 0 Å². The number of carbonyl (C=O) groups excluding carboxylic acids is 1. The summed E-state index contributed by atoms with van der Waals surface area (Å²) >= 11 is 24.0. The lowest BCUT2D eigenvalue weighted by atomic mass is 10.2. The van der Waals surface area contributed by atoms with Crippen molar-refractivity contribution in [3.8, 4) is 5.75 Å². The number of aryl methyl sites for hydroxylation is 1. The molecule has 3 aromatic rings. The van der Waals surface area contributed by atoms with Crippen molar-refractivity contribution in [1.29, 1.82) is 0 Å². The zero-order chi connectivity index (χ0) is 25.3. The number of ether oxygens (including phenoxy) is 1. The Labute approximate surface area is 218 Å². The lowest BCUT2D eigenvalue weighted by molar-refractivity contribution is -0.141. The molecule has 1 aliphatic rings. The predicted octanol–water partition coefficient (Wildman–Crippen LogP) is 7.39. The third kappa shape index (κ3) is 6.20. The van der Waals surface area contributed by atoms with Crippen molar-refractivity contribution in [2.24, 2.45) is 0 Å². The Balaban J connectivity index is 1.29. The molecular weight excluding hydrogens is 553 g/mol. The Hall–Kier alpha value is -2.07. The summed E-state index contributed by atoms with van der Waals surface area (Å²) in [5.74, 6) is 0.158. The number of hydrogen-bond acceptors (Lipinski definition) is 4. The highest BCUT2D eigenvalue weighted by Gasteiger charge is 2.41. The summed E-state index contributed by atoms with van der Waals surface area (Å²) in [6.45, 7) is 0.353. The van der Waals surface area contributed by atoms with Crippen molar-refractivity contribution in [3.05, 3.63) is 67.3 Å². The number of halogens is 7. The molecule has 1 aromatic carbocycles. The van der Waals surface area contributed by atoms with Crippen LogP contribution in [0.15, 0.2) is 28.7 Å². The van der Waals surface area contributed by atoms with E-state index in [4.69, 9.17) is 55.6 Å². The van der Waals surface area contributed by atoms with Crippen molar-refractivity contribution in [1.82, 2.24) is 15.1 Å². The second-order valence-corrected chi connectivity index (χ2v) is 9.53. The van der Waals surface area contributed by atoms with Gasteiger partial charge in [0.2, 0.25) is 0 Å². The molecule has 2 aromatic heterocycles. The fourth-order valence-electron chi connectivity index (χ4n) is 3.46. The summed E-state index contributed by atoms with van der Waals surface area (Å²) < 4.78 is 51.8. The Morgan fingerprint density at radius 2 is 1.86 bits per heavy atom. The first-order chi connectivity index (χ1) is 16.5. The SMILES string of the molecule is O=C(NCCCn1nc(C(F)(F)F)c(Cl)c1C1CC1)c1ccc(COc2c(Cl)cc(Cl)cc2Cl)o1. The molecule has 0 bridgehead atoms. The third-order valence-electron chi connectivity index (χ3n) is 5.20. The Kier molecular flexibility index (Phi) is 7.80. The molecule has 0 aliphatic heterocycles. The number of nitrogens with one attached hydrogen (secondary N) is 1. The molecule has 4 rings (SSSR count). The summed E-state index contributed by atoms with van der Waals surface area (Å²) in [5, 5.41) is 6.84. The van der Waals surface area contributed by atoms with Crippen molar-refractivity contribution in [2.75, 3.05) is 6.54 Å². The van der Waals surface area contributed by atoms with Gasteiger partial charge in [0.25, 0.3) is 5.91 Å². The van der Waals surface area contributed by atoms with Crippen LogP contribution in [0.25, 0.3) is 0 Å². The monoisotopic (exact) mass is 569 g/mol. The average Bonchev–Trinajstić information content (AvgIpc) is 3.37. The van der Waals surface area contributed by atoms with Gasteiger partial charge in [0.15, 0.2) is 17.2 Å². The van der Waals surface area contributed by atoms with Gasteiger partial charge in [0.1, 0.15) is 12.4 Å². The number of hydrogen-bond donors (Lipinski definition) is 1. The van der Waals surface area contributed by atoms with E-state index in [1.165, 1.54) is 22.9 Å². The number of aromatic nitrogens is 2. The lowest BCUT2D eigenvalue weighted by Crippen LogP contribution is -2.25. The molecule has 13 heteroatoms. The number of amides is 1. The van der Waals surface area contributed by atoms with Crippen molar-refractivity contribution < 1.29 is 27.1 Å². The Morgan fingerprint density at radius 3 is 2.49 bits per heavy atom. The normalized spacial score (nSPS) is 13.8. The number of benzene rings is 1. The smallest absolute Gasteiger partial charge is 0.436 e. The van der Waals surface area contributed by atoms with Gasteiger partial charge >= 0.3 is 6.18 Å². The van der Waals surface area contributed by atoms with Crippen LogP contribution in [0.1, 0.15) is 52.9 Å². The minimum atomic E-state index is -4.62. The molecule has 1 saturated carbocycles. The van der Waals surface area contributed by atoms with E-state index in [1.807, 2.05) is 0 Å². The Bertz CT molecular complexity index is 1220. The fourth-order valence-corrected chi connectivity index (χ4v) is 4.78. The molecule has 0 atom stereocenters. The van der Waals surface area contributed by atoms with Crippen LogP contribution in [0.3, 0.4) is 0 Å². The van der Waals surface area contributed by atoms with Crippen LogP contribution in [0.4, 0.5) is 13.2 Å². The van der Waals surface area contributed by atoms with Crippen molar-refractivity contribution in [2.45, 2.75) is 44.5 Å². The van der Waals surface area contributed by atoms with E-state index in [-0.39, 0.29) is 52.2 Å². The van der Waals surface area contributed by atoms with Crippen LogP contribution < -0.4 is 10.1 Å². The average molecular weight is 571 g/mol. The first-order valence-electron chi connectivity index (χ1n) is 10.5. The highest BCUT2D eigenvalue weighted by Crippen LogP contribution is 2.47. The van der Waals surface area contributed by atoms with Crippen molar-refractivity contribution in [3.63, 3.8) is 0 Å². The summed E-state index contributed by atoms with van der Waals surface area (Å²) in [6, 6.07) is 6.02. The zero-order valence-corrected chi connectivity index (χ0v) is 20.9. The van der Waals surface area contributed by atoms with E-state index in [0.29, 0.717) is 22.9 Å². The van der Waals surface area contributed by atoms with Gasteiger partial charge in [-0.3, -0.25) is 9.48 Å². The van der Waals surface area contributed by atoms with Gasteiger partial charge in [0.05, 0.1) is 20.8 Å². The second-order valence-electron chi connectivity index (χ2n) is 7.91. The van der Waals surface area contributed by atoms with Gasteiger partial charge in [-0.1, -0.05) is 46.4 Å². The van der Waals surface area contributed by atoms with Gasteiger partial charge in [-0.2, -0.15) is 18.3 Å². The van der Waals surface area contributed by atoms with E-state index in [0.717, 1.165) is 12.8 Å². The summed E-state index contributed by atoms with van der Waals surface area (Å²) in [4.78, 5) is 12.4. The van der Waals surface area contributed by atoms with E-state index in [1.54, 1.807) is 6.07 Å². The molecule has 1 aliphatic carbocycles. The minimum Gasteiger partial charge on any atom is -0.483 e. The molecular formula is C22H18Cl4F3N3O3. The van der Waals surface area contributed by atoms with E-state index >= 15 is 0 Å². The molecule has 1 amide bonds. The number of alkyl halides is 3. The maximum Gasteiger partial charge on any atom is 0.436 e. The molecule has 35 heavy (non-hydrogen) atoms. The number of furan rings is 1. The molecule has 1 fully saturated rings. The number of nitrogens with zero attached hydrogens (tertiary/aromatic N) is 2. The predicted molar refractivity (Wildman–Crippen MR) is 126 cm³/mol. The van der Waals surface area contributed by atoms with Crippen molar-refractivity contribution >= 4 is 52.3 Å². The molecule has 2 heterocycles. The molecule has 1 N–H and O–H groups in total. The lowest BCUT2D eigenvalue weighted by Gasteiger charge is -2.09. The maximum atomic E-state index is 13.2. The molecule has 6 nitrogen and oxygen atoms in total. The fraction of sp³-hybridized carbons (Fsp3) is 0.364. The minimum absolute atomic E-state index is 0.0120. The molecule has 0 radical (unpaired) electrons. The van der Waals surface area contributed by atoms with Crippen LogP contribution in [0, 0.1) is 0 Å². The van der Waals surface area contributed by atoms with Crippen LogP contribution in [0.5, 0.6) is 5.75 Å². The van der Waals surface area contributed by atoms with E-state index in [9.17, 15) is 18.0 Å². The van der Waals surface area contributed by atoms with E-state index in [2.05, 4.69) is 10.4 Å². The van der Waals surface area contributed by atoms with Crippen LogP contribution >= 0.6 is 46.4 Å². The van der Waals surface area contributed by atoms with Crippen LogP contribution in [0.2, 0.25) is 20.1 Å². The first-order valence-corrected chi connectivity index (χ1v) is 12.0. The summed E-state index contributed by atoms with van der Waals surface area (Å²) in [5.41, 5.74) is -0.668. The highest BCUT2D eigenvalue weighted by molar-refractivity contribution is 6.40. The van der Waals surface area contributed by atoms with Gasteiger partial charge in [-0.05, 0) is 43.5 Å². The maximum absolute atomic E-state index is 13.2. The quantitative estimate of drug-likeness (QED) is 0.272. The van der Waals surface area contributed by atoms with Crippen LogP contribution in [-0.4, -0.2) is 22.2 Å². The molecule has 188 valence electrons. The largest absolute Gasteiger partial charge is 0.483 e. The zero-order valence-electron chi connectivity index (χ0n) is 17.9. The summed E-state index contributed by atoms with van der Waals surface area (Å²) in [7, 11) is 0.